The largest absolute Gasteiger partial charge is 0.350 e. The number of rotatable bonds is 2. The highest BCUT2D eigenvalue weighted by Crippen LogP contribution is 2.05. The fourth-order valence-corrected chi connectivity index (χ4v) is 1.33. The Bertz CT molecular complexity index is 512. The van der Waals surface area contributed by atoms with E-state index >= 15 is 0 Å². The van der Waals surface area contributed by atoms with Crippen LogP contribution in [0.3, 0.4) is 0 Å². The Morgan fingerprint density at radius 2 is 2.00 bits per heavy atom. The molecule has 1 aromatic carbocycles. The Labute approximate surface area is 85.6 Å². The van der Waals surface area contributed by atoms with Crippen LogP contribution in [0, 0.1) is 5.82 Å². The summed E-state index contributed by atoms with van der Waals surface area (Å²) in [6, 6.07) is 5.70. The summed E-state index contributed by atoms with van der Waals surface area (Å²) in [6.07, 6.45) is 1.43. The second kappa shape index (κ2) is 3.68. The number of hydrogen-bond donors (Lipinski definition) is 0. The maximum Gasteiger partial charge on any atom is 0.350 e. The first kappa shape index (κ1) is 9.64. The van der Waals surface area contributed by atoms with E-state index < -0.39 is 0 Å². The molecule has 0 saturated heterocycles. The van der Waals surface area contributed by atoms with E-state index in [1.54, 1.807) is 12.1 Å². The van der Waals surface area contributed by atoms with E-state index in [1.807, 2.05) is 6.92 Å². The van der Waals surface area contributed by atoms with Crippen molar-refractivity contribution >= 4 is 0 Å². The van der Waals surface area contributed by atoms with Crippen LogP contribution >= 0.6 is 0 Å². The molecule has 0 N–H and O–H groups in total. The Morgan fingerprint density at radius 3 is 2.53 bits per heavy atom. The predicted molar refractivity (Wildman–Crippen MR) is 53.5 cm³/mol. The lowest BCUT2D eigenvalue weighted by atomic mass is 10.3. The van der Waals surface area contributed by atoms with E-state index in [-0.39, 0.29) is 11.5 Å². The third-order valence-electron chi connectivity index (χ3n) is 2.14. The van der Waals surface area contributed by atoms with Gasteiger partial charge in [0.25, 0.3) is 0 Å². The molecule has 0 aliphatic rings. The quantitative estimate of drug-likeness (QED) is 0.742. The lowest BCUT2D eigenvalue weighted by Crippen LogP contribution is -2.23. The predicted octanol–water partition coefficient (Wildman–Crippen LogP) is 1.19. The highest BCUT2D eigenvalue weighted by atomic mass is 19.1. The van der Waals surface area contributed by atoms with Gasteiger partial charge in [-0.05, 0) is 31.2 Å². The van der Waals surface area contributed by atoms with Crippen LogP contribution in [0.15, 0.2) is 35.4 Å². The van der Waals surface area contributed by atoms with Gasteiger partial charge in [-0.3, -0.25) is 0 Å². The van der Waals surface area contributed by atoms with E-state index in [0.29, 0.717) is 12.2 Å². The summed E-state index contributed by atoms with van der Waals surface area (Å²) >= 11 is 0. The van der Waals surface area contributed by atoms with Gasteiger partial charge in [0.05, 0.1) is 5.69 Å². The maximum atomic E-state index is 12.7. The van der Waals surface area contributed by atoms with Gasteiger partial charge in [0.2, 0.25) is 0 Å². The SMILES string of the molecule is CCn1ncn(-c2ccc(F)cc2)c1=O. The number of nitrogens with zero attached hydrogens (tertiary/aromatic N) is 3. The van der Waals surface area contributed by atoms with Gasteiger partial charge in [-0.15, -0.1) is 0 Å². The molecular formula is C10H10FN3O. The van der Waals surface area contributed by atoms with Crippen molar-refractivity contribution in [2.24, 2.45) is 0 Å². The molecule has 0 aliphatic carbocycles. The molecule has 0 spiro atoms. The molecule has 0 saturated carbocycles. The van der Waals surface area contributed by atoms with Gasteiger partial charge in [-0.1, -0.05) is 0 Å². The summed E-state index contributed by atoms with van der Waals surface area (Å²) in [6.45, 7) is 2.36. The molecule has 0 atom stereocenters. The van der Waals surface area contributed by atoms with Crippen molar-refractivity contribution in [1.29, 1.82) is 0 Å². The molecule has 15 heavy (non-hydrogen) atoms. The van der Waals surface area contributed by atoms with Crippen molar-refractivity contribution in [3.05, 3.63) is 46.9 Å². The average Bonchev–Trinajstić information content (AvgIpc) is 2.61. The van der Waals surface area contributed by atoms with Crippen molar-refractivity contribution < 1.29 is 4.39 Å². The van der Waals surface area contributed by atoms with E-state index in [9.17, 15) is 9.18 Å². The molecule has 1 aromatic heterocycles. The molecule has 78 valence electrons. The summed E-state index contributed by atoms with van der Waals surface area (Å²) < 4.78 is 15.4. The Balaban J connectivity index is 2.50. The summed E-state index contributed by atoms with van der Waals surface area (Å²) in [7, 11) is 0. The molecule has 2 aromatic rings. The minimum Gasteiger partial charge on any atom is -0.250 e. The smallest absolute Gasteiger partial charge is 0.250 e. The van der Waals surface area contributed by atoms with E-state index in [2.05, 4.69) is 5.10 Å². The fraction of sp³-hybridized carbons (Fsp3) is 0.200. The molecule has 0 unspecified atom stereocenters. The van der Waals surface area contributed by atoms with Crippen LogP contribution in [0.1, 0.15) is 6.92 Å². The van der Waals surface area contributed by atoms with Gasteiger partial charge in [0, 0.05) is 6.54 Å². The lowest BCUT2D eigenvalue weighted by Gasteiger charge is -1.98. The molecular weight excluding hydrogens is 197 g/mol. The van der Waals surface area contributed by atoms with Crippen LogP contribution in [0.5, 0.6) is 0 Å². The minimum absolute atomic E-state index is 0.218. The molecule has 0 radical (unpaired) electrons. The number of benzene rings is 1. The molecule has 5 heteroatoms. The minimum atomic E-state index is -0.324. The first-order valence-corrected chi connectivity index (χ1v) is 4.63. The van der Waals surface area contributed by atoms with Gasteiger partial charge in [0.1, 0.15) is 12.1 Å². The molecule has 1 heterocycles. The highest BCUT2D eigenvalue weighted by Gasteiger charge is 2.04. The van der Waals surface area contributed by atoms with Crippen LogP contribution in [0.2, 0.25) is 0 Å². The van der Waals surface area contributed by atoms with Crippen molar-refractivity contribution in [1.82, 2.24) is 14.3 Å². The molecule has 0 fully saturated rings. The van der Waals surface area contributed by atoms with E-state index in [0.717, 1.165) is 0 Å². The van der Waals surface area contributed by atoms with Crippen LogP contribution in [-0.2, 0) is 6.54 Å². The molecule has 0 bridgehead atoms. The third-order valence-corrected chi connectivity index (χ3v) is 2.14. The normalized spacial score (nSPS) is 10.5. The summed E-state index contributed by atoms with van der Waals surface area (Å²) in [5.41, 5.74) is 0.394. The first-order valence-electron chi connectivity index (χ1n) is 4.63. The number of aryl methyl sites for hydroxylation is 1. The second-order valence-electron chi connectivity index (χ2n) is 3.08. The summed E-state index contributed by atoms with van der Waals surface area (Å²) in [5, 5.41) is 3.91. The van der Waals surface area contributed by atoms with Crippen LogP contribution < -0.4 is 5.69 Å². The van der Waals surface area contributed by atoms with Crippen LogP contribution in [0.4, 0.5) is 4.39 Å². The fourth-order valence-electron chi connectivity index (χ4n) is 1.33. The van der Waals surface area contributed by atoms with Gasteiger partial charge in [-0.2, -0.15) is 5.10 Å². The van der Waals surface area contributed by atoms with Crippen LogP contribution in [-0.4, -0.2) is 14.3 Å². The van der Waals surface area contributed by atoms with Crippen molar-refractivity contribution in [3.8, 4) is 5.69 Å². The zero-order chi connectivity index (χ0) is 10.8. The lowest BCUT2D eigenvalue weighted by molar-refractivity contribution is 0.624. The standard InChI is InChI=1S/C10H10FN3O/c1-2-14-10(15)13(7-12-14)9-5-3-8(11)4-6-9/h3-7H,2H2,1H3. The van der Waals surface area contributed by atoms with E-state index in [1.165, 1.54) is 27.7 Å². The van der Waals surface area contributed by atoms with Gasteiger partial charge < -0.3 is 0 Å². The summed E-state index contributed by atoms with van der Waals surface area (Å²) in [5.74, 6) is -0.324. The topological polar surface area (TPSA) is 39.8 Å². The Kier molecular flexibility index (Phi) is 2.37. The monoisotopic (exact) mass is 207 g/mol. The zero-order valence-corrected chi connectivity index (χ0v) is 8.22. The number of aromatic nitrogens is 3. The van der Waals surface area contributed by atoms with E-state index in [4.69, 9.17) is 0 Å². The molecule has 4 nitrogen and oxygen atoms in total. The molecule has 0 aliphatic heterocycles. The Morgan fingerprint density at radius 1 is 1.33 bits per heavy atom. The second-order valence-corrected chi connectivity index (χ2v) is 3.08. The van der Waals surface area contributed by atoms with Crippen molar-refractivity contribution in [2.45, 2.75) is 13.5 Å². The highest BCUT2D eigenvalue weighted by molar-refractivity contribution is 5.30. The van der Waals surface area contributed by atoms with Crippen molar-refractivity contribution in [2.75, 3.05) is 0 Å². The zero-order valence-electron chi connectivity index (χ0n) is 8.22. The van der Waals surface area contributed by atoms with Crippen LogP contribution in [0.25, 0.3) is 5.69 Å². The van der Waals surface area contributed by atoms with Gasteiger partial charge in [-0.25, -0.2) is 18.4 Å². The Hall–Kier alpha value is -1.91. The third kappa shape index (κ3) is 1.68. The molecule has 2 rings (SSSR count). The van der Waals surface area contributed by atoms with Gasteiger partial charge >= 0.3 is 5.69 Å². The molecule has 0 amide bonds. The van der Waals surface area contributed by atoms with Crippen molar-refractivity contribution in [3.63, 3.8) is 0 Å². The number of hydrogen-bond acceptors (Lipinski definition) is 2. The maximum absolute atomic E-state index is 12.7. The summed E-state index contributed by atoms with van der Waals surface area (Å²) in [4.78, 5) is 11.7. The van der Waals surface area contributed by atoms with Gasteiger partial charge in [0.15, 0.2) is 0 Å². The number of halogens is 1. The average molecular weight is 207 g/mol. The first-order chi connectivity index (χ1) is 7.22.